The number of hydrogen-bond donors (Lipinski definition) is 2. The second-order valence-electron chi connectivity index (χ2n) is 4.31. The van der Waals surface area contributed by atoms with Crippen LogP contribution in [0.2, 0.25) is 0 Å². The van der Waals surface area contributed by atoms with Crippen LogP contribution in [0.3, 0.4) is 0 Å². The topological polar surface area (TPSA) is 71.2 Å². The molecule has 0 saturated heterocycles. The number of hydrogen-bond acceptors (Lipinski definition) is 4. The second-order valence-corrected chi connectivity index (χ2v) is 4.31. The zero-order valence-electron chi connectivity index (χ0n) is 10.7. The molecule has 1 aromatic heterocycles. The van der Waals surface area contributed by atoms with Crippen LogP contribution < -0.4 is 11.1 Å². The molecule has 94 valence electrons. The number of anilines is 1. The van der Waals surface area contributed by atoms with Crippen molar-refractivity contribution in [2.24, 2.45) is 0 Å². The summed E-state index contributed by atoms with van der Waals surface area (Å²) in [5.41, 5.74) is 7.37. The van der Waals surface area contributed by atoms with Gasteiger partial charge in [-0.25, -0.2) is 0 Å². The molecular weight excluding hydrogens is 216 g/mol. The van der Waals surface area contributed by atoms with Crippen molar-refractivity contribution in [1.29, 1.82) is 0 Å². The maximum Gasteiger partial charge on any atom is 0.253 e. The Balaban J connectivity index is 2.49. The molecule has 0 aliphatic carbocycles. The van der Waals surface area contributed by atoms with Gasteiger partial charge in [-0.05, 0) is 40.1 Å². The highest BCUT2D eigenvalue weighted by atomic mass is 16.1. The van der Waals surface area contributed by atoms with Crippen LogP contribution in [0.15, 0.2) is 12.3 Å². The van der Waals surface area contributed by atoms with Gasteiger partial charge in [0.1, 0.15) is 0 Å². The van der Waals surface area contributed by atoms with Crippen molar-refractivity contribution in [1.82, 2.24) is 15.2 Å². The van der Waals surface area contributed by atoms with Crippen LogP contribution in [0.25, 0.3) is 0 Å². The molecule has 0 aliphatic heterocycles. The summed E-state index contributed by atoms with van der Waals surface area (Å²) in [5.74, 6) is -0.110. The summed E-state index contributed by atoms with van der Waals surface area (Å²) in [4.78, 5) is 18.0. The second kappa shape index (κ2) is 6.20. The minimum absolute atomic E-state index is 0.110. The molecule has 1 aromatic rings. The molecular formula is C12H20N4O. The maximum absolute atomic E-state index is 11.8. The molecule has 0 bridgehead atoms. The molecule has 1 rings (SSSR count). The summed E-state index contributed by atoms with van der Waals surface area (Å²) in [6.07, 6.45) is 2.48. The monoisotopic (exact) mass is 236 g/mol. The van der Waals surface area contributed by atoms with Crippen molar-refractivity contribution in [3.05, 3.63) is 23.5 Å². The number of amides is 1. The Morgan fingerprint density at radius 2 is 2.24 bits per heavy atom. The fourth-order valence-corrected chi connectivity index (χ4v) is 1.47. The SMILES string of the molecule is Cc1ncc(N)cc1C(=O)NCCCN(C)C. The van der Waals surface area contributed by atoms with Gasteiger partial charge in [-0.1, -0.05) is 0 Å². The smallest absolute Gasteiger partial charge is 0.253 e. The van der Waals surface area contributed by atoms with Crippen LogP contribution in [0.5, 0.6) is 0 Å². The van der Waals surface area contributed by atoms with Crippen molar-refractivity contribution in [3.63, 3.8) is 0 Å². The summed E-state index contributed by atoms with van der Waals surface area (Å²) in [6.45, 7) is 3.41. The summed E-state index contributed by atoms with van der Waals surface area (Å²) in [5, 5.41) is 2.86. The Morgan fingerprint density at radius 3 is 2.88 bits per heavy atom. The van der Waals surface area contributed by atoms with Gasteiger partial charge in [0.2, 0.25) is 0 Å². The van der Waals surface area contributed by atoms with E-state index in [1.54, 1.807) is 19.2 Å². The Hall–Kier alpha value is -1.62. The minimum Gasteiger partial charge on any atom is -0.397 e. The van der Waals surface area contributed by atoms with Crippen molar-refractivity contribution in [2.45, 2.75) is 13.3 Å². The normalized spacial score (nSPS) is 10.6. The number of nitrogen functional groups attached to an aromatic ring is 1. The van der Waals surface area contributed by atoms with Crippen LogP contribution in [0.4, 0.5) is 5.69 Å². The average molecular weight is 236 g/mol. The molecule has 0 unspecified atom stereocenters. The van der Waals surface area contributed by atoms with Gasteiger partial charge in [0.05, 0.1) is 23.1 Å². The first-order valence-corrected chi connectivity index (χ1v) is 5.65. The molecule has 1 heterocycles. The van der Waals surface area contributed by atoms with E-state index in [0.717, 1.165) is 13.0 Å². The third kappa shape index (κ3) is 4.40. The van der Waals surface area contributed by atoms with Gasteiger partial charge in [0, 0.05) is 6.54 Å². The van der Waals surface area contributed by atoms with E-state index >= 15 is 0 Å². The molecule has 1 amide bonds. The molecule has 5 nitrogen and oxygen atoms in total. The molecule has 0 spiro atoms. The Kier molecular flexibility index (Phi) is 4.90. The van der Waals surface area contributed by atoms with Crippen molar-refractivity contribution in [2.75, 3.05) is 32.9 Å². The summed E-state index contributed by atoms with van der Waals surface area (Å²) < 4.78 is 0. The molecule has 0 atom stereocenters. The number of pyridine rings is 1. The van der Waals surface area contributed by atoms with Gasteiger partial charge in [0.15, 0.2) is 0 Å². The van der Waals surface area contributed by atoms with Gasteiger partial charge in [-0.2, -0.15) is 0 Å². The third-order valence-corrected chi connectivity index (χ3v) is 2.42. The van der Waals surface area contributed by atoms with E-state index in [9.17, 15) is 4.79 Å². The number of carbonyl (C=O) groups excluding carboxylic acids is 1. The maximum atomic E-state index is 11.8. The number of nitrogens with one attached hydrogen (secondary N) is 1. The van der Waals surface area contributed by atoms with Crippen LogP contribution in [0, 0.1) is 6.92 Å². The summed E-state index contributed by atoms with van der Waals surface area (Å²) >= 11 is 0. The number of aromatic nitrogens is 1. The van der Waals surface area contributed by atoms with Gasteiger partial charge >= 0.3 is 0 Å². The number of nitrogens with zero attached hydrogens (tertiary/aromatic N) is 2. The minimum atomic E-state index is -0.110. The Bertz CT molecular complexity index is 390. The van der Waals surface area contributed by atoms with E-state index in [1.165, 1.54) is 0 Å². The van der Waals surface area contributed by atoms with E-state index < -0.39 is 0 Å². The molecule has 0 aromatic carbocycles. The van der Waals surface area contributed by atoms with E-state index in [4.69, 9.17) is 5.73 Å². The van der Waals surface area contributed by atoms with E-state index in [1.807, 2.05) is 14.1 Å². The number of carbonyl (C=O) groups is 1. The van der Waals surface area contributed by atoms with E-state index in [2.05, 4.69) is 15.2 Å². The van der Waals surface area contributed by atoms with Gasteiger partial charge in [-0.15, -0.1) is 0 Å². The van der Waals surface area contributed by atoms with Crippen LogP contribution in [-0.2, 0) is 0 Å². The molecule has 0 aliphatic rings. The largest absolute Gasteiger partial charge is 0.397 e. The molecule has 0 radical (unpaired) electrons. The predicted octanol–water partition coefficient (Wildman–Crippen LogP) is 0.654. The highest BCUT2D eigenvalue weighted by molar-refractivity contribution is 5.95. The lowest BCUT2D eigenvalue weighted by molar-refractivity contribution is 0.0951. The predicted molar refractivity (Wildman–Crippen MR) is 68.9 cm³/mol. The van der Waals surface area contributed by atoms with E-state index in [0.29, 0.717) is 23.5 Å². The van der Waals surface area contributed by atoms with Gasteiger partial charge < -0.3 is 16.0 Å². The number of nitrogens with two attached hydrogens (primary N) is 1. The first-order valence-electron chi connectivity index (χ1n) is 5.65. The van der Waals surface area contributed by atoms with Crippen molar-refractivity contribution >= 4 is 11.6 Å². The Morgan fingerprint density at radius 1 is 1.53 bits per heavy atom. The lowest BCUT2D eigenvalue weighted by Crippen LogP contribution is -2.27. The quantitative estimate of drug-likeness (QED) is 0.736. The van der Waals surface area contributed by atoms with Crippen LogP contribution in [0.1, 0.15) is 22.5 Å². The lowest BCUT2D eigenvalue weighted by Gasteiger charge is -2.10. The molecule has 3 N–H and O–H groups in total. The van der Waals surface area contributed by atoms with Crippen LogP contribution in [-0.4, -0.2) is 43.0 Å². The zero-order chi connectivity index (χ0) is 12.8. The fourth-order valence-electron chi connectivity index (χ4n) is 1.47. The summed E-state index contributed by atoms with van der Waals surface area (Å²) in [6, 6.07) is 1.66. The van der Waals surface area contributed by atoms with Gasteiger partial charge in [-0.3, -0.25) is 9.78 Å². The summed E-state index contributed by atoms with van der Waals surface area (Å²) in [7, 11) is 4.02. The number of rotatable bonds is 5. The van der Waals surface area contributed by atoms with E-state index in [-0.39, 0.29) is 5.91 Å². The number of aryl methyl sites for hydroxylation is 1. The van der Waals surface area contributed by atoms with Gasteiger partial charge in [0.25, 0.3) is 5.91 Å². The first kappa shape index (κ1) is 13.4. The third-order valence-electron chi connectivity index (χ3n) is 2.42. The van der Waals surface area contributed by atoms with Crippen molar-refractivity contribution in [3.8, 4) is 0 Å². The van der Waals surface area contributed by atoms with Crippen LogP contribution >= 0.6 is 0 Å². The highest BCUT2D eigenvalue weighted by Crippen LogP contribution is 2.09. The first-order chi connectivity index (χ1) is 8.00. The highest BCUT2D eigenvalue weighted by Gasteiger charge is 2.09. The molecule has 0 fully saturated rings. The fraction of sp³-hybridized carbons (Fsp3) is 0.500. The molecule has 5 heteroatoms. The standard InChI is InChI=1S/C12H20N4O/c1-9-11(7-10(13)8-15-9)12(17)14-5-4-6-16(2)3/h7-8H,4-6,13H2,1-3H3,(H,14,17). The van der Waals surface area contributed by atoms with Crippen molar-refractivity contribution < 1.29 is 4.79 Å². The lowest BCUT2D eigenvalue weighted by atomic mass is 10.2. The molecule has 0 saturated carbocycles. The zero-order valence-corrected chi connectivity index (χ0v) is 10.7. The average Bonchev–Trinajstić information content (AvgIpc) is 2.27. The Labute approximate surface area is 102 Å². The molecule has 17 heavy (non-hydrogen) atoms.